The molecule has 0 spiro atoms. The maximum atomic E-state index is 10.9. The largest absolute Gasteiger partial charge is 0.465 e. The van der Waals surface area contributed by atoms with Gasteiger partial charge in [0.1, 0.15) is 12.3 Å². The second-order valence-corrected chi connectivity index (χ2v) is 3.69. The van der Waals surface area contributed by atoms with E-state index in [4.69, 9.17) is 15.9 Å². The lowest BCUT2D eigenvalue weighted by atomic mass is 10.1. The molecule has 4 heteroatoms. The average molecular weight is 214 g/mol. The first-order valence-corrected chi connectivity index (χ1v) is 5.65. The summed E-state index contributed by atoms with van der Waals surface area (Å²) in [7, 11) is 0. The first kappa shape index (κ1) is 13.9. The van der Waals surface area contributed by atoms with Gasteiger partial charge in [0, 0.05) is 0 Å². The van der Waals surface area contributed by atoms with Crippen LogP contribution in [0.2, 0.25) is 0 Å². The van der Waals surface area contributed by atoms with E-state index in [-0.39, 0.29) is 12.3 Å². The van der Waals surface area contributed by atoms with Crippen LogP contribution in [0.1, 0.15) is 51.9 Å². The number of carbonyl (C=O) groups excluding carboxylic acids is 1. The van der Waals surface area contributed by atoms with Crippen LogP contribution in [-0.2, 0) is 9.53 Å². The van der Waals surface area contributed by atoms with Gasteiger partial charge < -0.3 is 10.5 Å². The summed E-state index contributed by atoms with van der Waals surface area (Å²) in [5.74, 6) is -0.529. The number of amidine groups is 1. The van der Waals surface area contributed by atoms with Crippen molar-refractivity contribution < 1.29 is 9.53 Å². The Labute approximate surface area is 91.7 Å². The maximum absolute atomic E-state index is 10.9. The molecule has 0 unspecified atom stereocenters. The lowest BCUT2D eigenvalue weighted by Crippen LogP contribution is -2.17. The van der Waals surface area contributed by atoms with Crippen molar-refractivity contribution in [2.75, 3.05) is 6.61 Å². The Morgan fingerprint density at radius 1 is 1.20 bits per heavy atom. The quantitative estimate of drug-likeness (QED) is 0.267. The third-order valence-electron chi connectivity index (χ3n) is 2.10. The number of hydrogen-bond donors (Lipinski definition) is 2. The molecule has 0 rings (SSSR count). The highest BCUT2D eigenvalue weighted by Gasteiger charge is 2.03. The predicted octanol–water partition coefficient (Wildman–Crippen LogP) is 2.22. The fraction of sp³-hybridized carbons (Fsp3) is 0.818. The Kier molecular flexibility index (Phi) is 8.82. The molecule has 0 amide bonds. The Hall–Kier alpha value is -1.06. The zero-order valence-corrected chi connectivity index (χ0v) is 9.55. The van der Waals surface area contributed by atoms with Gasteiger partial charge in [-0.25, -0.2) is 0 Å². The van der Waals surface area contributed by atoms with Crippen LogP contribution in [0.3, 0.4) is 0 Å². The number of nitrogens with two attached hydrogens (primary N) is 1. The van der Waals surface area contributed by atoms with Crippen LogP contribution in [-0.4, -0.2) is 18.4 Å². The molecule has 0 atom stereocenters. The topological polar surface area (TPSA) is 76.2 Å². The Morgan fingerprint density at radius 3 is 2.40 bits per heavy atom. The molecule has 0 radical (unpaired) electrons. The van der Waals surface area contributed by atoms with Crippen LogP contribution in [0.25, 0.3) is 0 Å². The summed E-state index contributed by atoms with van der Waals surface area (Å²) >= 11 is 0. The molecule has 0 saturated heterocycles. The van der Waals surface area contributed by atoms with Gasteiger partial charge >= 0.3 is 5.97 Å². The van der Waals surface area contributed by atoms with Gasteiger partial charge in [0.15, 0.2) is 0 Å². The fourth-order valence-electron chi connectivity index (χ4n) is 1.27. The first-order valence-electron chi connectivity index (χ1n) is 5.65. The molecule has 4 nitrogen and oxygen atoms in total. The van der Waals surface area contributed by atoms with Gasteiger partial charge in [-0.15, -0.1) is 0 Å². The minimum Gasteiger partial charge on any atom is -0.465 e. The molecule has 0 aliphatic rings. The molecule has 0 aromatic heterocycles. The molecule has 3 N–H and O–H groups in total. The monoisotopic (exact) mass is 214 g/mol. The van der Waals surface area contributed by atoms with E-state index in [0.29, 0.717) is 6.61 Å². The molecular formula is C11H22N2O2. The van der Waals surface area contributed by atoms with Crippen molar-refractivity contribution in [3.63, 3.8) is 0 Å². The molecular weight excluding hydrogens is 192 g/mol. The minimum absolute atomic E-state index is 0.0875. The third kappa shape index (κ3) is 10.9. The lowest BCUT2D eigenvalue weighted by molar-refractivity contribution is -0.142. The average Bonchev–Trinajstić information content (AvgIpc) is 2.15. The van der Waals surface area contributed by atoms with E-state index in [1.807, 2.05) is 0 Å². The highest BCUT2D eigenvalue weighted by atomic mass is 16.5. The van der Waals surface area contributed by atoms with Crippen LogP contribution in [0.15, 0.2) is 0 Å². The van der Waals surface area contributed by atoms with E-state index in [1.54, 1.807) is 0 Å². The number of hydrogen-bond acceptors (Lipinski definition) is 3. The van der Waals surface area contributed by atoms with E-state index >= 15 is 0 Å². The van der Waals surface area contributed by atoms with Gasteiger partial charge in [0.25, 0.3) is 0 Å². The Balaban J connectivity index is 3.16. The van der Waals surface area contributed by atoms with Gasteiger partial charge in [-0.1, -0.05) is 39.0 Å². The molecule has 0 aromatic rings. The summed E-state index contributed by atoms with van der Waals surface area (Å²) in [6.07, 6.45) is 6.92. The van der Waals surface area contributed by atoms with E-state index in [1.165, 1.54) is 25.7 Å². The van der Waals surface area contributed by atoms with E-state index in [9.17, 15) is 4.79 Å². The highest BCUT2D eigenvalue weighted by molar-refractivity contribution is 5.94. The van der Waals surface area contributed by atoms with Crippen LogP contribution in [0.5, 0.6) is 0 Å². The van der Waals surface area contributed by atoms with E-state index < -0.39 is 5.97 Å². The first-order chi connectivity index (χ1) is 7.16. The number of unbranched alkanes of at least 4 members (excludes halogenated alkanes) is 5. The molecule has 88 valence electrons. The normalized spacial score (nSPS) is 9.93. The van der Waals surface area contributed by atoms with Crippen molar-refractivity contribution in [1.82, 2.24) is 0 Å². The summed E-state index contributed by atoms with van der Waals surface area (Å²) in [4.78, 5) is 10.9. The zero-order valence-electron chi connectivity index (χ0n) is 9.55. The number of rotatable bonds is 9. The summed E-state index contributed by atoms with van der Waals surface area (Å²) in [5, 5.41) is 6.89. The van der Waals surface area contributed by atoms with Gasteiger partial charge in [-0.2, -0.15) is 0 Å². The summed E-state index contributed by atoms with van der Waals surface area (Å²) < 4.78 is 4.90. The SMILES string of the molecule is CCCCCCCCOC(=O)CC(=N)N. The fourth-order valence-corrected chi connectivity index (χ4v) is 1.27. The van der Waals surface area contributed by atoms with Crippen LogP contribution < -0.4 is 5.73 Å². The molecule has 15 heavy (non-hydrogen) atoms. The van der Waals surface area contributed by atoms with E-state index in [2.05, 4.69) is 6.92 Å². The van der Waals surface area contributed by atoms with Gasteiger partial charge in [-0.05, 0) is 6.42 Å². The Bertz CT molecular complexity index is 193. The molecule has 0 bridgehead atoms. The van der Waals surface area contributed by atoms with Crippen molar-refractivity contribution in [3.05, 3.63) is 0 Å². The van der Waals surface area contributed by atoms with Gasteiger partial charge in [0.2, 0.25) is 0 Å². The molecule has 0 aromatic carbocycles. The molecule has 0 heterocycles. The minimum atomic E-state index is -0.393. The molecule has 0 aliphatic carbocycles. The number of ether oxygens (including phenoxy) is 1. The third-order valence-corrected chi connectivity index (χ3v) is 2.10. The van der Waals surface area contributed by atoms with Crippen LogP contribution in [0.4, 0.5) is 0 Å². The van der Waals surface area contributed by atoms with Crippen molar-refractivity contribution in [3.8, 4) is 0 Å². The maximum Gasteiger partial charge on any atom is 0.313 e. The lowest BCUT2D eigenvalue weighted by Gasteiger charge is -2.03. The van der Waals surface area contributed by atoms with Crippen molar-refractivity contribution in [2.24, 2.45) is 5.73 Å². The number of esters is 1. The molecule has 0 saturated carbocycles. The molecule has 0 aliphatic heterocycles. The molecule has 0 fully saturated rings. The number of nitrogens with one attached hydrogen (secondary N) is 1. The van der Waals surface area contributed by atoms with Crippen molar-refractivity contribution in [1.29, 1.82) is 5.41 Å². The van der Waals surface area contributed by atoms with Crippen molar-refractivity contribution in [2.45, 2.75) is 51.9 Å². The Morgan fingerprint density at radius 2 is 1.80 bits per heavy atom. The second kappa shape index (κ2) is 9.49. The number of carbonyl (C=O) groups is 1. The van der Waals surface area contributed by atoms with Crippen molar-refractivity contribution >= 4 is 11.8 Å². The van der Waals surface area contributed by atoms with Crippen LogP contribution in [0, 0.1) is 5.41 Å². The van der Waals surface area contributed by atoms with E-state index in [0.717, 1.165) is 12.8 Å². The summed E-state index contributed by atoms with van der Waals surface area (Å²) in [5.41, 5.74) is 5.06. The smallest absolute Gasteiger partial charge is 0.313 e. The second-order valence-electron chi connectivity index (χ2n) is 3.69. The summed E-state index contributed by atoms with van der Waals surface area (Å²) in [6, 6.07) is 0. The zero-order chi connectivity index (χ0) is 11.5. The van der Waals surface area contributed by atoms with Crippen LogP contribution >= 0.6 is 0 Å². The standard InChI is InChI=1S/C11H22N2O2/c1-2-3-4-5-6-7-8-15-11(14)9-10(12)13/h2-9H2,1H3,(H3,12,13). The summed E-state index contributed by atoms with van der Waals surface area (Å²) in [6.45, 7) is 2.64. The van der Waals surface area contributed by atoms with Gasteiger partial charge in [-0.3, -0.25) is 10.2 Å². The highest BCUT2D eigenvalue weighted by Crippen LogP contribution is 2.05. The van der Waals surface area contributed by atoms with Gasteiger partial charge in [0.05, 0.1) is 6.61 Å². The predicted molar refractivity (Wildman–Crippen MR) is 60.9 cm³/mol.